The number of benzene rings is 2. The lowest BCUT2D eigenvalue weighted by atomic mass is 10.1. The van der Waals surface area contributed by atoms with Crippen LogP contribution in [0.4, 0.5) is 11.4 Å². The van der Waals surface area contributed by atoms with Crippen LogP contribution in [-0.2, 0) is 20.1 Å². The van der Waals surface area contributed by atoms with Crippen molar-refractivity contribution >= 4 is 40.7 Å². The summed E-state index contributed by atoms with van der Waals surface area (Å²) in [7, 11) is 0. The third-order valence-corrected chi connectivity index (χ3v) is 6.08. The van der Waals surface area contributed by atoms with E-state index in [1.54, 1.807) is 29.9 Å². The minimum atomic E-state index is -0.647. The SMILES string of the molecule is CCOC(=O)C1=NN(c2ccccc2)C(C(=O)Nc2ccc(SCc3cccnc3)cc2)C1. The molecule has 3 aromatic rings. The zero-order valence-corrected chi connectivity index (χ0v) is 19.0. The van der Waals surface area contributed by atoms with Crippen molar-refractivity contribution in [3.05, 3.63) is 84.7 Å². The average Bonchev–Trinajstić information content (AvgIpc) is 3.31. The van der Waals surface area contributed by atoms with Crippen molar-refractivity contribution in [2.24, 2.45) is 5.10 Å². The molecule has 1 atom stereocenters. The topological polar surface area (TPSA) is 83.9 Å². The number of carbonyl (C=O) groups excluding carboxylic acids is 2. The Morgan fingerprint density at radius 1 is 1.09 bits per heavy atom. The van der Waals surface area contributed by atoms with Crippen LogP contribution in [0.25, 0.3) is 0 Å². The molecule has 2 aromatic carbocycles. The number of hydrazone groups is 1. The Labute approximate surface area is 196 Å². The van der Waals surface area contributed by atoms with Gasteiger partial charge >= 0.3 is 5.97 Å². The molecule has 0 saturated heterocycles. The van der Waals surface area contributed by atoms with Crippen molar-refractivity contribution in [1.29, 1.82) is 0 Å². The number of nitrogens with one attached hydrogen (secondary N) is 1. The van der Waals surface area contributed by atoms with Crippen LogP contribution in [0.2, 0.25) is 0 Å². The van der Waals surface area contributed by atoms with Gasteiger partial charge in [-0.05, 0) is 55.0 Å². The monoisotopic (exact) mass is 460 g/mol. The number of pyridine rings is 1. The van der Waals surface area contributed by atoms with Crippen molar-refractivity contribution in [2.45, 2.75) is 30.0 Å². The van der Waals surface area contributed by atoms with E-state index in [1.807, 2.05) is 72.9 Å². The fraction of sp³-hybridized carbons (Fsp3) is 0.200. The Kier molecular flexibility index (Phi) is 7.36. The molecule has 168 valence electrons. The maximum Gasteiger partial charge on any atom is 0.354 e. The summed E-state index contributed by atoms with van der Waals surface area (Å²) in [6, 6.07) is 20.3. The lowest BCUT2D eigenvalue weighted by molar-refractivity contribution is -0.135. The van der Waals surface area contributed by atoms with E-state index in [-0.39, 0.29) is 24.6 Å². The van der Waals surface area contributed by atoms with Gasteiger partial charge in [0.25, 0.3) is 0 Å². The second kappa shape index (κ2) is 10.8. The van der Waals surface area contributed by atoms with Gasteiger partial charge in [-0.15, -0.1) is 11.8 Å². The van der Waals surface area contributed by atoms with Gasteiger partial charge < -0.3 is 10.1 Å². The summed E-state index contributed by atoms with van der Waals surface area (Å²) >= 11 is 1.70. The van der Waals surface area contributed by atoms with E-state index in [9.17, 15) is 9.59 Å². The first-order valence-corrected chi connectivity index (χ1v) is 11.6. The smallest absolute Gasteiger partial charge is 0.354 e. The average molecular weight is 461 g/mol. The minimum Gasteiger partial charge on any atom is -0.461 e. The van der Waals surface area contributed by atoms with Gasteiger partial charge in [-0.3, -0.25) is 14.8 Å². The van der Waals surface area contributed by atoms with Crippen molar-refractivity contribution in [3.63, 3.8) is 0 Å². The van der Waals surface area contributed by atoms with E-state index < -0.39 is 12.0 Å². The van der Waals surface area contributed by atoms with Gasteiger partial charge in [-0.1, -0.05) is 24.3 Å². The van der Waals surface area contributed by atoms with E-state index >= 15 is 0 Å². The molecule has 33 heavy (non-hydrogen) atoms. The number of thioether (sulfide) groups is 1. The van der Waals surface area contributed by atoms with Crippen LogP contribution in [0.3, 0.4) is 0 Å². The van der Waals surface area contributed by atoms with Gasteiger partial charge in [0.1, 0.15) is 11.8 Å². The molecule has 0 fully saturated rings. The number of carbonyl (C=O) groups is 2. The Hall–Kier alpha value is -3.65. The van der Waals surface area contributed by atoms with Gasteiger partial charge in [0.15, 0.2) is 0 Å². The van der Waals surface area contributed by atoms with Gasteiger partial charge in [-0.25, -0.2) is 4.79 Å². The first-order chi connectivity index (χ1) is 16.1. The number of aromatic nitrogens is 1. The van der Waals surface area contributed by atoms with Gasteiger partial charge in [0.2, 0.25) is 5.91 Å². The van der Waals surface area contributed by atoms with E-state index in [1.165, 1.54) is 0 Å². The fourth-order valence-electron chi connectivity index (χ4n) is 3.38. The Morgan fingerprint density at radius 2 is 1.88 bits per heavy atom. The minimum absolute atomic E-state index is 0.179. The molecule has 0 aliphatic carbocycles. The number of hydrogen-bond acceptors (Lipinski definition) is 7. The molecule has 1 unspecified atom stereocenters. The van der Waals surface area contributed by atoms with Crippen molar-refractivity contribution in [2.75, 3.05) is 16.9 Å². The molecule has 0 saturated carbocycles. The standard InChI is InChI=1S/C25H24N4O3S/c1-2-32-25(31)22-15-23(29(28-22)20-8-4-3-5-9-20)24(30)27-19-10-12-21(13-11-19)33-17-18-7-6-14-26-16-18/h3-14,16,23H,2,15,17H2,1H3,(H,27,30). The summed E-state index contributed by atoms with van der Waals surface area (Å²) in [6.07, 6.45) is 3.79. The number of ether oxygens (including phenoxy) is 1. The summed E-state index contributed by atoms with van der Waals surface area (Å²) in [5, 5.41) is 8.93. The third-order valence-electron chi connectivity index (χ3n) is 4.99. The van der Waals surface area contributed by atoms with Gasteiger partial charge in [0.05, 0.1) is 12.3 Å². The molecule has 1 aliphatic heterocycles. The summed E-state index contributed by atoms with van der Waals surface area (Å²) in [6.45, 7) is 2.00. The maximum absolute atomic E-state index is 13.1. The highest BCUT2D eigenvalue weighted by Crippen LogP contribution is 2.27. The molecule has 8 heteroatoms. The van der Waals surface area contributed by atoms with Gasteiger partial charge in [-0.2, -0.15) is 5.10 Å². The Bertz CT molecular complexity index is 1120. The second-order valence-electron chi connectivity index (χ2n) is 7.33. The summed E-state index contributed by atoms with van der Waals surface area (Å²) in [5.74, 6) is 0.0862. The van der Waals surface area contributed by atoms with E-state index in [4.69, 9.17) is 4.74 Å². The number of rotatable bonds is 8. The molecule has 2 heterocycles. The zero-order valence-electron chi connectivity index (χ0n) is 18.2. The molecule has 4 rings (SSSR count). The third kappa shape index (κ3) is 5.78. The summed E-state index contributed by atoms with van der Waals surface area (Å²) in [4.78, 5) is 30.6. The number of esters is 1. The number of para-hydroxylation sites is 1. The predicted molar refractivity (Wildman–Crippen MR) is 130 cm³/mol. The number of nitrogens with zero attached hydrogens (tertiary/aromatic N) is 3. The zero-order chi connectivity index (χ0) is 23.0. The molecule has 1 amide bonds. The lowest BCUT2D eigenvalue weighted by Gasteiger charge is -2.22. The van der Waals surface area contributed by atoms with Crippen LogP contribution >= 0.6 is 11.8 Å². The largest absolute Gasteiger partial charge is 0.461 e. The predicted octanol–water partition coefficient (Wildman–Crippen LogP) is 4.51. The first-order valence-electron chi connectivity index (χ1n) is 10.7. The molecule has 0 spiro atoms. The van der Waals surface area contributed by atoms with Crippen molar-refractivity contribution in [3.8, 4) is 0 Å². The molecular weight excluding hydrogens is 436 g/mol. The molecule has 1 N–H and O–H groups in total. The Balaban J connectivity index is 1.42. The number of hydrogen-bond donors (Lipinski definition) is 1. The van der Waals surface area contributed by atoms with Gasteiger partial charge in [0, 0.05) is 35.2 Å². The molecule has 1 aliphatic rings. The van der Waals surface area contributed by atoms with Crippen LogP contribution in [0, 0.1) is 0 Å². The normalized spacial score (nSPS) is 15.1. The number of amides is 1. The van der Waals surface area contributed by atoms with Crippen molar-refractivity contribution in [1.82, 2.24) is 4.98 Å². The maximum atomic E-state index is 13.1. The molecule has 1 aromatic heterocycles. The van der Waals surface area contributed by atoms with Crippen LogP contribution < -0.4 is 10.3 Å². The summed E-state index contributed by atoms with van der Waals surface area (Å²) in [5.41, 5.74) is 2.81. The molecule has 7 nitrogen and oxygen atoms in total. The first kappa shape index (κ1) is 22.5. The highest BCUT2D eigenvalue weighted by molar-refractivity contribution is 7.98. The van der Waals surface area contributed by atoms with Crippen LogP contribution in [0.15, 0.2) is 89.1 Å². The van der Waals surface area contributed by atoms with Crippen LogP contribution in [0.1, 0.15) is 18.9 Å². The number of anilines is 2. The molecular formula is C25H24N4O3S. The quantitative estimate of drug-likeness (QED) is 0.393. The van der Waals surface area contributed by atoms with E-state index in [0.29, 0.717) is 5.69 Å². The van der Waals surface area contributed by atoms with Crippen molar-refractivity contribution < 1.29 is 14.3 Å². The second-order valence-corrected chi connectivity index (χ2v) is 8.38. The molecule has 0 radical (unpaired) electrons. The fourth-order valence-corrected chi connectivity index (χ4v) is 4.21. The van der Waals surface area contributed by atoms with E-state index in [2.05, 4.69) is 15.4 Å². The summed E-state index contributed by atoms with van der Waals surface area (Å²) < 4.78 is 5.09. The van der Waals surface area contributed by atoms with Crippen LogP contribution in [0.5, 0.6) is 0 Å². The highest BCUT2D eigenvalue weighted by atomic mass is 32.2. The molecule has 0 bridgehead atoms. The Morgan fingerprint density at radius 3 is 2.58 bits per heavy atom. The highest BCUT2D eigenvalue weighted by Gasteiger charge is 2.36. The lowest BCUT2D eigenvalue weighted by Crippen LogP contribution is -2.38. The van der Waals surface area contributed by atoms with Crippen LogP contribution in [-0.4, -0.2) is 35.2 Å². The van der Waals surface area contributed by atoms with E-state index in [0.717, 1.165) is 21.9 Å².